The summed E-state index contributed by atoms with van der Waals surface area (Å²) in [5, 5.41) is 2.71. The maximum atomic E-state index is 13.5. The number of imidazole rings is 1. The molecule has 176 valence electrons. The number of hydrogen-bond acceptors (Lipinski definition) is 7. The summed E-state index contributed by atoms with van der Waals surface area (Å²) in [6, 6.07) is 3.94. The molecular weight excluding hydrogens is 465 g/mol. The van der Waals surface area contributed by atoms with Gasteiger partial charge in [0.1, 0.15) is 29.5 Å². The van der Waals surface area contributed by atoms with E-state index in [0.717, 1.165) is 12.3 Å². The molecule has 0 aliphatic carbocycles. The van der Waals surface area contributed by atoms with Gasteiger partial charge in [-0.25, -0.2) is 31.6 Å². The number of pyridine rings is 2. The molecule has 0 atom stereocenters. The second-order valence-corrected chi connectivity index (χ2v) is 10.0. The number of carbonyl (C=O) groups is 1. The first-order valence-corrected chi connectivity index (χ1v) is 11.5. The van der Waals surface area contributed by atoms with E-state index in [1.807, 2.05) is 0 Å². The molecule has 4 rings (SSSR count). The summed E-state index contributed by atoms with van der Waals surface area (Å²) in [6.07, 6.45) is -0.417. The van der Waals surface area contributed by atoms with Gasteiger partial charge in [-0.15, -0.1) is 0 Å². The molecule has 0 radical (unpaired) electrons. The summed E-state index contributed by atoms with van der Waals surface area (Å²) in [7, 11) is -3.14. The first kappa shape index (κ1) is 22.8. The smallest absolute Gasteiger partial charge is 0.272 e. The SMILES string of the molecule is Cc1c(C(=O)NC2(C)CS(=O)(=O)C2)nc2ccc(Oc3ncc(F)cc3OCC(F)F)cn12. The number of aryl methyl sites for hydroxylation is 1. The van der Waals surface area contributed by atoms with Gasteiger partial charge in [0.05, 0.1) is 35.1 Å². The maximum absolute atomic E-state index is 13.5. The topological polar surface area (TPSA) is 112 Å². The van der Waals surface area contributed by atoms with E-state index in [0.29, 0.717) is 11.3 Å². The molecule has 0 unspecified atom stereocenters. The number of halogens is 3. The Balaban J connectivity index is 1.57. The van der Waals surface area contributed by atoms with Gasteiger partial charge >= 0.3 is 0 Å². The zero-order valence-electron chi connectivity index (χ0n) is 17.5. The predicted octanol–water partition coefficient (Wildman–Crippen LogP) is 2.53. The molecule has 1 aliphatic heterocycles. The number of rotatable bonds is 7. The molecule has 0 aromatic carbocycles. The number of carbonyl (C=O) groups excluding carboxylic acids is 1. The monoisotopic (exact) mass is 484 g/mol. The highest BCUT2D eigenvalue weighted by atomic mass is 32.2. The van der Waals surface area contributed by atoms with Gasteiger partial charge < -0.3 is 14.8 Å². The number of amides is 1. The Bertz CT molecular complexity index is 1330. The Morgan fingerprint density at radius 3 is 2.73 bits per heavy atom. The highest BCUT2D eigenvalue weighted by Gasteiger charge is 2.46. The fraction of sp³-hybridized carbons (Fsp3) is 0.350. The quantitative estimate of drug-likeness (QED) is 0.549. The molecule has 33 heavy (non-hydrogen) atoms. The van der Waals surface area contributed by atoms with Gasteiger partial charge in [-0.1, -0.05) is 0 Å². The van der Waals surface area contributed by atoms with Crippen LogP contribution in [0.15, 0.2) is 30.6 Å². The number of fused-ring (bicyclic) bond motifs is 1. The van der Waals surface area contributed by atoms with Crippen molar-refractivity contribution in [2.75, 3.05) is 18.1 Å². The molecule has 1 fully saturated rings. The standard InChI is InChI=1S/C20H19F3N4O5S/c1-11-17(18(28)26-20(2)9-33(29,30)10-20)25-16-4-3-13(7-27(11)16)32-19-14(31-8-15(22)23)5-12(21)6-24-19/h3-7,15H,8-10H2,1-2H3,(H,26,28). The molecule has 1 amide bonds. The van der Waals surface area contributed by atoms with E-state index in [1.54, 1.807) is 24.3 Å². The number of nitrogens with one attached hydrogen (secondary N) is 1. The van der Waals surface area contributed by atoms with Gasteiger partial charge in [-0.05, 0) is 26.0 Å². The predicted molar refractivity (Wildman–Crippen MR) is 110 cm³/mol. The zero-order valence-corrected chi connectivity index (χ0v) is 18.3. The number of sulfone groups is 1. The van der Waals surface area contributed by atoms with Gasteiger partial charge in [-0.2, -0.15) is 0 Å². The molecule has 13 heteroatoms. The van der Waals surface area contributed by atoms with Crippen molar-refractivity contribution in [3.05, 3.63) is 47.8 Å². The molecule has 1 saturated heterocycles. The van der Waals surface area contributed by atoms with Crippen LogP contribution in [0.2, 0.25) is 0 Å². The van der Waals surface area contributed by atoms with Crippen molar-refractivity contribution in [3.8, 4) is 17.4 Å². The third-order valence-electron chi connectivity index (χ3n) is 4.90. The summed E-state index contributed by atoms with van der Waals surface area (Å²) in [5.41, 5.74) is 0.131. The van der Waals surface area contributed by atoms with Crippen molar-refractivity contribution >= 4 is 21.4 Å². The molecule has 0 bridgehead atoms. The Hall–Kier alpha value is -3.35. The van der Waals surface area contributed by atoms with Crippen LogP contribution in [-0.2, 0) is 9.84 Å². The molecule has 0 saturated carbocycles. The number of nitrogens with zero attached hydrogens (tertiary/aromatic N) is 3. The molecule has 3 aromatic heterocycles. The zero-order chi connectivity index (χ0) is 24.0. The van der Waals surface area contributed by atoms with E-state index in [-0.39, 0.29) is 34.6 Å². The van der Waals surface area contributed by atoms with Gasteiger partial charge in [0, 0.05) is 6.07 Å². The lowest BCUT2D eigenvalue weighted by molar-refractivity contribution is 0.0802. The fourth-order valence-electron chi connectivity index (χ4n) is 3.60. The average molecular weight is 484 g/mol. The Morgan fingerprint density at radius 1 is 1.33 bits per heavy atom. The van der Waals surface area contributed by atoms with E-state index < -0.39 is 40.1 Å². The summed E-state index contributed by atoms with van der Waals surface area (Å²) in [5.74, 6) is -1.89. The molecular formula is C20H19F3N4O5S. The highest BCUT2D eigenvalue weighted by molar-refractivity contribution is 7.93. The van der Waals surface area contributed by atoms with Crippen LogP contribution >= 0.6 is 0 Å². The van der Waals surface area contributed by atoms with Crippen molar-refractivity contribution in [3.63, 3.8) is 0 Å². The van der Waals surface area contributed by atoms with Crippen LogP contribution in [0.3, 0.4) is 0 Å². The normalized spacial score (nSPS) is 16.4. The lowest BCUT2D eigenvalue weighted by Crippen LogP contribution is -2.63. The second-order valence-electron chi connectivity index (χ2n) is 7.95. The Morgan fingerprint density at radius 2 is 2.06 bits per heavy atom. The van der Waals surface area contributed by atoms with Crippen molar-refractivity contribution in [2.45, 2.75) is 25.8 Å². The molecule has 3 aromatic rings. The van der Waals surface area contributed by atoms with Crippen molar-refractivity contribution in [1.29, 1.82) is 0 Å². The average Bonchev–Trinajstić information content (AvgIpc) is 3.02. The molecule has 1 N–H and O–H groups in total. The minimum absolute atomic E-state index is 0.110. The molecule has 1 aliphatic rings. The lowest BCUT2D eigenvalue weighted by atomic mass is 10.1. The van der Waals surface area contributed by atoms with Crippen LogP contribution in [0, 0.1) is 12.7 Å². The van der Waals surface area contributed by atoms with E-state index in [4.69, 9.17) is 9.47 Å². The van der Waals surface area contributed by atoms with Crippen LogP contribution in [0.1, 0.15) is 23.1 Å². The summed E-state index contributed by atoms with van der Waals surface area (Å²) < 4.78 is 73.4. The van der Waals surface area contributed by atoms with Crippen LogP contribution in [-0.4, -0.2) is 58.8 Å². The maximum Gasteiger partial charge on any atom is 0.272 e. The lowest BCUT2D eigenvalue weighted by Gasteiger charge is -2.38. The minimum Gasteiger partial charge on any atom is -0.482 e. The Kier molecular flexibility index (Phi) is 5.68. The Labute approximate surface area is 186 Å². The summed E-state index contributed by atoms with van der Waals surface area (Å²) in [6.45, 7) is 2.33. The van der Waals surface area contributed by atoms with Crippen molar-refractivity contribution in [2.24, 2.45) is 0 Å². The van der Waals surface area contributed by atoms with Crippen LogP contribution in [0.5, 0.6) is 17.4 Å². The molecule has 0 spiro atoms. The largest absolute Gasteiger partial charge is 0.482 e. The molecule has 4 heterocycles. The highest BCUT2D eigenvalue weighted by Crippen LogP contribution is 2.31. The molecule has 9 nitrogen and oxygen atoms in total. The summed E-state index contributed by atoms with van der Waals surface area (Å²) >= 11 is 0. The van der Waals surface area contributed by atoms with E-state index in [9.17, 15) is 26.4 Å². The van der Waals surface area contributed by atoms with Crippen LogP contribution in [0.4, 0.5) is 13.2 Å². The van der Waals surface area contributed by atoms with Crippen molar-refractivity contribution < 1.29 is 35.9 Å². The van der Waals surface area contributed by atoms with E-state index in [2.05, 4.69) is 15.3 Å². The fourth-order valence-corrected chi connectivity index (χ4v) is 5.61. The third kappa shape index (κ3) is 4.87. The van der Waals surface area contributed by atoms with Gasteiger partial charge in [0.15, 0.2) is 15.6 Å². The third-order valence-corrected chi connectivity index (χ3v) is 7.06. The van der Waals surface area contributed by atoms with Gasteiger partial charge in [0.2, 0.25) is 0 Å². The number of alkyl halides is 2. The number of aromatic nitrogens is 3. The van der Waals surface area contributed by atoms with Gasteiger partial charge in [-0.3, -0.25) is 9.20 Å². The number of hydrogen-bond donors (Lipinski definition) is 1. The van der Waals surface area contributed by atoms with Crippen LogP contribution in [0.25, 0.3) is 5.65 Å². The van der Waals surface area contributed by atoms with E-state index >= 15 is 0 Å². The van der Waals surface area contributed by atoms with Gasteiger partial charge in [0.25, 0.3) is 18.2 Å². The van der Waals surface area contributed by atoms with Crippen molar-refractivity contribution in [1.82, 2.24) is 19.7 Å². The van der Waals surface area contributed by atoms with E-state index in [1.165, 1.54) is 12.3 Å². The van der Waals surface area contributed by atoms with Crippen LogP contribution < -0.4 is 14.8 Å². The second kappa shape index (κ2) is 8.21. The first-order valence-electron chi connectivity index (χ1n) is 9.71. The first-order chi connectivity index (χ1) is 15.4. The minimum atomic E-state index is -3.14. The summed E-state index contributed by atoms with van der Waals surface area (Å²) in [4.78, 5) is 20.7. The number of ether oxygens (including phenoxy) is 2.